The minimum absolute atomic E-state index is 0.0194. The quantitative estimate of drug-likeness (QED) is 0.488. The fourth-order valence-corrected chi connectivity index (χ4v) is 6.79. The van der Waals surface area contributed by atoms with Crippen LogP contribution in [0.4, 0.5) is 11.4 Å². The van der Waals surface area contributed by atoms with E-state index in [1.54, 1.807) is 28.6 Å². The molecule has 0 unspecified atom stereocenters. The summed E-state index contributed by atoms with van der Waals surface area (Å²) in [6, 6.07) is 13.0. The summed E-state index contributed by atoms with van der Waals surface area (Å²) in [7, 11) is -3.67. The van der Waals surface area contributed by atoms with Crippen LogP contribution in [0.3, 0.4) is 0 Å². The number of anilines is 2. The Hall–Kier alpha value is -1.90. The number of alkyl halides is 1. The van der Waals surface area contributed by atoms with Crippen molar-refractivity contribution in [1.82, 2.24) is 4.31 Å². The summed E-state index contributed by atoms with van der Waals surface area (Å²) in [5.74, 6) is -0.174. The van der Waals surface area contributed by atoms with Gasteiger partial charge in [-0.3, -0.25) is 4.79 Å². The summed E-state index contributed by atoms with van der Waals surface area (Å²) in [5, 5.41) is 2.93. The molecule has 0 atom stereocenters. The van der Waals surface area contributed by atoms with Gasteiger partial charge in [-0.25, -0.2) is 8.42 Å². The number of aryl methyl sites for hydroxylation is 1. The monoisotopic (exact) mass is 533 g/mol. The number of fused-ring (bicyclic) bond motifs is 1. The molecular weight excluding hydrogens is 502 g/mol. The van der Waals surface area contributed by atoms with Crippen LogP contribution < -0.4 is 10.2 Å². The molecular formula is C25H32BrN3O3S. The molecule has 0 bridgehead atoms. The van der Waals surface area contributed by atoms with Crippen molar-refractivity contribution in [3.05, 3.63) is 53.6 Å². The molecule has 2 aromatic carbocycles. The van der Waals surface area contributed by atoms with Crippen molar-refractivity contribution in [3.63, 3.8) is 0 Å². The van der Waals surface area contributed by atoms with Crippen LogP contribution in [0.5, 0.6) is 0 Å². The lowest BCUT2D eigenvalue weighted by atomic mass is 9.99. The normalized spacial score (nSPS) is 16.8. The van der Waals surface area contributed by atoms with Gasteiger partial charge in [-0.05, 0) is 74.1 Å². The first-order valence-corrected chi connectivity index (χ1v) is 14.3. The highest BCUT2D eigenvalue weighted by atomic mass is 79.9. The number of sulfonamides is 1. The van der Waals surface area contributed by atoms with Gasteiger partial charge in [-0.15, -0.1) is 0 Å². The molecule has 1 saturated carbocycles. The standard InChI is InChI=1S/C25H32BrN3O3S/c1-2-28-15-5-6-20-16-19(9-14-24(20)28)18-29(22-7-3-4-8-22)33(31,32)23-12-10-21(11-13-23)27-25(30)17-26/h9-14,16,22H,2-8,15,17-18H2,1H3,(H,27,30). The molecule has 1 heterocycles. The molecule has 33 heavy (non-hydrogen) atoms. The SMILES string of the molecule is CCN1CCCc2cc(CN(C3CCCC3)S(=O)(=O)c3ccc(NC(=O)CBr)cc3)ccc21. The third kappa shape index (κ3) is 5.44. The lowest BCUT2D eigenvalue weighted by Gasteiger charge is -2.32. The summed E-state index contributed by atoms with van der Waals surface area (Å²) < 4.78 is 29.1. The van der Waals surface area contributed by atoms with E-state index >= 15 is 0 Å². The van der Waals surface area contributed by atoms with E-state index in [0.717, 1.165) is 57.2 Å². The zero-order valence-electron chi connectivity index (χ0n) is 19.1. The topological polar surface area (TPSA) is 69.7 Å². The summed E-state index contributed by atoms with van der Waals surface area (Å²) in [6.45, 7) is 4.63. The average molecular weight is 535 g/mol. The summed E-state index contributed by atoms with van der Waals surface area (Å²) in [5.41, 5.74) is 4.23. The number of nitrogens with one attached hydrogen (secondary N) is 1. The summed E-state index contributed by atoms with van der Waals surface area (Å²) in [4.78, 5) is 14.3. The molecule has 0 spiro atoms. The Bertz CT molecular complexity index is 1080. The maximum absolute atomic E-state index is 13.7. The van der Waals surface area contributed by atoms with E-state index in [1.807, 2.05) is 0 Å². The molecule has 1 fully saturated rings. The van der Waals surface area contributed by atoms with Gasteiger partial charge in [0.15, 0.2) is 0 Å². The van der Waals surface area contributed by atoms with E-state index in [2.05, 4.69) is 51.3 Å². The zero-order chi connectivity index (χ0) is 23.4. The Morgan fingerprint density at radius 3 is 2.52 bits per heavy atom. The molecule has 2 aliphatic rings. The molecule has 4 rings (SSSR count). The maximum Gasteiger partial charge on any atom is 0.243 e. The number of hydrogen-bond donors (Lipinski definition) is 1. The largest absolute Gasteiger partial charge is 0.372 e. The Labute approximate surface area is 205 Å². The number of benzene rings is 2. The van der Waals surface area contributed by atoms with Gasteiger partial charge >= 0.3 is 0 Å². The van der Waals surface area contributed by atoms with Crippen molar-refractivity contribution >= 4 is 43.2 Å². The summed E-state index contributed by atoms with van der Waals surface area (Å²) in [6.07, 6.45) is 6.08. The van der Waals surface area contributed by atoms with Crippen molar-refractivity contribution in [2.45, 2.75) is 62.9 Å². The molecule has 0 aromatic heterocycles. The van der Waals surface area contributed by atoms with Gasteiger partial charge < -0.3 is 10.2 Å². The lowest BCUT2D eigenvalue weighted by Crippen LogP contribution is -2.38. The van der Waals surface area contributed by atoms with Gasteiger partial charge in [0.2, 0.25) is 15.9 Å². The van der Waals surface area contributed by atoms with Crippen LogP contribution in [-0.2, 0) is 27.8 Å². The molecule has 1 amide bonds. The predicted molar refractivity (Wildman–Crippen MR) is 137 cm³/mol. The van der Waals surface area contributed by atoms with Crippen molar-refractivity contribution in [1.29, 1.82) is 0 Å². The number of hydrogen-bond acceptors (Lipinski definition) is 4. The highest BCUT2D eigenvalue weighted by molar-refractivity contribution is 9.09. The van der Waals surface area contributed by atoms with Crippen LogP contribution in [0.2, 0.25) is 0 Å². The molecule has 1 N–H and O–H groups in total. The van der Waals surface area contributed by atoms with E-state index in [4.69, 9.17) is 0 Å². The van der Waals surface area contributed by atoms with Gasteiger partial charge in [0, 0.05) is 37.1 Å². The average Bonchev–Trinajstić information content (AvgIpc) is 3.36. The fourth-order valence-electron chi connectivity index (χ4n) is 4.98. The number of amides is 1. The van der Waals surface area contributed by atoms with E-state index in [9.17, 15) is 13.2 Å². The van der Waals surface area contributed by atoms with Gasteiger partial charge in [-0.2, -0.15) is 4.31 Å². The van der Waals surface area contributed by atoms with Crippen molar-refractivity contribution in [3.8, 4) is 0 Å². The number of carbonyl (C=O) groups excluding carboxylic acids is 1. The first-order chi connectivity index (χ1) is 15.9. The molecule has 178 valence electrons. The van der Waals surface area contributed by atoms with Crippen LogP contribution in [0.25, 0.3) is 0 Å². The molecule has 0 saturated heterocycles. The van der Waals surface area contributed by atoms with Crippen molar-refractivity contribution < 1.29 is 13.2 Å². The van der Waals surface area contributed by atoms with E-state index in [-0.39, 0.29) is 22.2 Å². The highest BCUT2D eigenvalue weighted by Gasteiger charge is 2.33. The van der Waals surface area contributed by atoms with Crippen molar-refractivity contribution in [2.75, 3.05) is 28.6 Å². The van der Waals surface area contributed by atoms with E-state index in [0.29, 0.717) is 12.2 Å². The van der Waals surface area contributed by atoms with Crippen LogP contribution in [0, 0.1) is 0 Å². The van der Waals surface area contributed by atoms with E-state index in [1.165, 1.54) is 11.3 Å². The molecule has 2 aromatic rings. The molecule has 1 aliphatic heterocycles. The maximum atomic E-state index is 13.7. The van der Waals surface area contributed by atoms with Crippen LogP contribution in [-0.4, -0.2) is 43.1 Å². The van der Waals surface area contributed by atoms with E-state index < -0.39 is 10.0 Å². The summed E-state index contributed by atoms with van der Waals surface area (Å²) >= 11 is 3.12. The zero-order valence-corrected chi connectivity index (χ0v) is 21.5. The van der Waals surface area contributed by atoms with Gasteiger partial charge in [0.05, 0.1) is 10.2 Å². The first kappa shape index (κ1) is 24.2. The minimum Gasteiger partial charge on any atom is -0.372 e. The minimum atomic E-state index is -3.67. The van der Waals surface area contributed by atoms with Gasteiger partial charge in [0.1, 0.15) is 0 Å². The van der Waals surface area contributed by atoms with Crippen LogP contribution in [0.1, 0.15) is 50.2 Å². The fraction of sp³-hybridized carbons (Fsp3) is 0.480. The third-order valence-electron chi connectivity index (χ3n) is 6.68. The number of halogens is 1. The van der Waals surface area contributed by atoms with Crippen molar-refractivity contribution in [2.24, 2.45) is 0 Å². The molecule has 6 nitrogen and oxygen atoms in total. The smallest absolute Gasteiger partial charge is 0.243 e. The molecule has 0 radical (unpaired) electrons. The highest BCUT2D eigenvalue weighted by Crippen LogP contribution is 2.33. The molecule has 8 heteroatoms. The number of rotatable bonds is 8. The third-order valence-corrected chi connectivity index (χ3v) is 9.10. The number of carbonyl (C=O) groups is 1. The molecule has 1 aliphatic carbocycles. The second-order valence-electron chi connectivity index (χ2n) is 8.84. The van der Waals surface area contributed by atoms with Crippen LogP contribution in [0.15, 0.2) is 47.4 Å². The Balaban J connectivity index is 1.60. The van der Waals surface area contributed by atoms with Gasteiger partial charge in [-0.1, -0.05) is 40.9 Å². The first-order valence-electron chi connectivity index (χ1n) is 11.8. The number of nitrogens with zero attached hydrogens (tertiary/aromatic N) is 2. The van der Waals surface area contributed by atoms with Crippen LogP contribution >= 0.6 is 15.9 Å². The Morgan fingerprint density at radius 2 is 1.85 bits per heavy atom. The Morgan fingerprint density at radius 1 is 1.12 bits per heavy atom. The lowest BCUT2D eigenvalue weighted by molar-refractivity contribution is -0.113. The second kappa shape index (κ2) is 10.6. The Kier molecular flexibility index (Phi) is 7.76. The predicted octanol–water partition coefficient (Wildman–Crippen LogP) is 4.93. The van der Waals surface area contributed by atoms with Gasteiger partial charge in [0.25, 0.3) is 0 Å². The second-order valence-corrected chi connectivity index (χ2v) is 11.3.